The molecule has 1 amide bonds. The van der Waals surface area contributed by atoms with E-state index in [0.29, 0.717) is 17.5 Å². The van der Waals surface area contributed by atoms with Crippen LogP contribution in [0.4, 0.5) is 0 Å². The summed E-state index contributed by atoms with van der Waals surface area (Å²) in [5, 5.41) is 2.97. The van der Waals surface area contributed by atoms with Crippen LogP contribution < -0.4 is 11.1 Å². The van der Waals surface area contributed by atoms with Gasteiger partial charge in [-0.15, -0.1) is 11.3 Å². The van der Waals surface area contributed by atoms with Crippen molar-refractivity contribution in [1.29, 1.82) is 0 Å². The van der Waals surface area contributed by atoms with E-state index in [1.54, 1.807) is 11.3 Å². The zero-order chi connectivity index (χ0) is 14.0. The number of amides is 1. The normalized spacial score (nSPS) is 25.7. The lowest BCUT2D eigenvalue weighted by Gasteiger charge is -2.44. The first-order chi connectivity index (χ1) is 8.94. The van der Waals surface area contributed by atoms with Gasteiger partial charge in [0.25, 0.3) is 0 Å². The lowest BCUT2D eigenvalue weighted by atomic mass is 9.62. The smallest absolute Gasteiger partial charge is 0.233 e. The minimum Gasteiger partial charge on any atom is -0.392 e. The number of carbonyl (C=O) groups is 1. The van der Waals surface area contributed by atoms with Crippen molar-refractivity contribution in [3.8, 4) is 0 Å². The van der Waals surface area contributed by atoms with Crippen LogP contribution in [-0.2, 0) is 11.2 Å². The molecule has 1 aliphatic rings. The quantitative estimate of drug-likeness (QED) is 0.793. The highest BCUT2D eigenvalue weighted by molar-refractivity contribution is 9.11. The summed E-state index contributed by atoms with van der Waals surface area (Å²) in [6.45, 7) is 2.75. The Kier molecular flexibility index (Phi) is 4.63. The highest BCUT2D eigenvalue weighted by Crippen LogP contribution is 2.45. The standard InChI is InChI=1S/C13H17BrN2OS2/c1-8-6-13(7-8,11(15)18)12(17)16-5-4-9-2-3-10(14)19-9/h2-3,8H,4-7H2,1H3,(H2,15,18)(H,16,17). The summed E-state index contributed by atoms with van der Waals surface area (Å²) in [7, 11) is 0. The molecule has 0 unspecified atom stereocenters. The lowest BCUT2D eigenvalue weighted by Crippen LogP contribution is -2.56. The molecule has 0 saturated heterocycles. The minimum absolute atomic E-state index is 0.00581. The topological polar surface area (TPSA) is 55.1 Å². The Morgan fingerprint density at radius 3 is 2.79 bits per heavy atom. The van der Waals surface area contributed by atoms with E-state index in [1.807, 2.05) is 6.07 Å². The van der Waals surface area contributed by atoms with Gasteiger partial charge in [-0.05, 0) is 53.2 Å². The molecule has 1 aromatic heterocycles. The van der Waals surface area contributed by atoms with Gasteiger partial charge in [0, 0.05) is 11.4 Å². The SMILES string of the molecule is CC1CC(C(=O)NCCc2ccc(Br)s2)(C(N)=S)C1. The van der Waals surface area contributed by atoms with E-state index in [0.717, 1.165) is 23.0 Å². The fourth-order valence-electron chi connectivity index (χ4n) is 2.58. The minimum atomic E-state index is -0.592. The average molecular weight is 361 g/mol. The number of carbonyl (C=O) groups excluding carboxylic acids is 1. The highest BCUT2D eigenvalue weighted by Gasteiger charge is 2.50. The molecule has 0 atom stereocenters. The largest absolute Gasteiger partial charge is 0.392 e. The number of nitrogens with two attached hydrogens (primary N) is 1. The Morgan fingerprint density at radius 1 is 1.63 bits per heavy atom. The molecule has 0 aliphatic heterocycles. The van der Waals surface area contributed by atoms with E-state index < -0.39 is 5.41 Å². The fraction of sp³-hybridized carbons (Fsp3) is 0.538. The molecule has 1 aliphatic carbocycles. The molecule has 19 heavy (non-hydrogen) atoms. The summed E-state index contributed by atoms with van der Waals surface area (Å²) in [4.78, 5) is 13.8. The first-order valence-corrected chi connectivity index (χ1v) is 8.28. The molecular weight excluding hydrogens is 344 g/mol. The van der Waals surface area contributed by atoms with E-state index in [9.17, 15) is 4.79 Å². The summed E-state index contributed by atoms with van der Waals surface area (Å²) < 4.78 is 1.11. The highest BCUT2D eigenvalue weighted by atomic mass is 79.9. The summed E-state index contributed by atoms with van der Waals surface area (Å²) in [5.74, 6) is 0.522. The average Bonchev–Trinajstić information content (AvgIpc) is 2.70. The molecule has 0 aromatic carbocycles. The molecule has 3 nitrogen and oxygen atoms in total. The van der Waals surface area contributed by atoms with Gasteiger partial charge >= 0.3 is 0 Å². The van der Waals surface area contributed by atoms with Gasteiger partial charge < -0.3 is 11.1 Å². The third kappa shape index (κ3) is 3.17. The number of halogens is 1. The van der Waals surface area contributed by atoms with E-state index in [-0.39, 0.29) is 5.91 Å². The third-order valence-corrected chi connectivity index (χ3v) is 5.66. The van der Waals surface area contributed by atoms with Crippen molar-refractivity contribution in [2.75, 3.05) is 6.54 Å². The Hall–Kier alpha value is -0.460. The van der Waals surface area contributed by atoms with Crippen LogP contribution in [-0.4, -0.2) is 17.4 Å². The zero-order valence-corrected chi connectivity index (χ0v) is 14.0. The van der Waals surface area contributed by atoms with Crippen molar-refractivity contribution >= 4 is 50.4 Å². The number of hydrogen-bond acceptors (Lipinski definition) is 3. The van der Waals surface area contributed by atoms with Crippen molar-refractivity contribution in [2.24, 2.45) is 17.1 Å². The second kappa shape index (κ2) is 5.89. The predicted molar refractivity (Wildman–Crippen MR) is 86.3 cm³/mol. The van der Waals surface area contributed by atoms with Gasteiger partial charge in [-0.2, -0.15) is 0 Å². The van der Waals surface area contributed by atoms with Crippen molar-refractivity contribution < 1.29 is 4.79 Å². The number of thiocarbonyl (C=S) groups is 1. The predicted octanol–water partition coefficient (Wildman–Crippen LogP) is 2.87. The van der Waals surface area contributed by atoms with Crippen molar-refractivity contribution in [1.82, 2.24) is 5.32 Å². The molecule has 0 radical (unpaired) electrons. The van der Waals surface area contributed by atoms with Crippen molar-refractivity contribution in [3.05, 3.63) is 20.8 Å². The van der Waals surface area contributed by atoms with Gasteiger partial charge in [-0.1, -0.05) is 19.1 Å². The maximum Gasteiger partial charge on any atom is 0.233 e. The van der Waals surface area contributed by atoms with Gasteiger partial charge in [0.15, 0.2) is 0 Å². The molecule has 1 fully saturated rings. The summed E-state index contributed by atoms with van der Waals surface area (Å²) in [5.41, 5.74) is 5.16. The van der Waals surface area contributed by atoms with Gasteiger partial charge in [0.05, 0.1) is 14.2 Å². The van der Waals surface area contributed by atoms with Crippen LogP contribution >= 0.6 is 39.5 Å². The zero-order valence-electron chi connectivity index (χ0n) is 10.7. The third-order valence-electron chi connectivity index (χ3n) is 3.59. The first kappa shape index (κ1) is 14.9. The van der Waals surface area contributed by atoms with E-state index >= 15 is 0 Å². The number of hydrogen-bond donors (Lipinski definition) is 2. The molecule has 6 heteroatoms. The van der Waals surface area contributed by atoms with Crippen LogP contribution in [0.5, 0.6) is 0 Å². The fourth-order valence-corrected chi connectivity index (χ4v) is 4.32. The molecular formula is C13H17BrN2OS2. The molecule has 104 valence electrons. The Balaban J connectivity index is 1.85. The van der Waals surface area contributed by atoms with Crippen LogP contribution in [0.1, 0.15) is 24.6 Å². The molecule has 0 spiro atoms. The van der Waals surface area contributed by atoms with Gasteiger partial charge in [0.2, 0.25) is 5.91 Å². The van der Waals surface area contributed by atoms with E-state index in [4.69, 9.17) is 18.0 Å². The number of thiophene rings is 1. The van der Waals surface area contributed by atoms with Crippen LogP contribution in [0.2, 0.25) is 0 Å². The van der Waals surface area contributed by atoms with Crippen molar-refractivity contribution in [3.63, 3.8) is 0 Å². The first-order valence-electron chi connectivity index (χ1n) is 6.26. The number of rotatable bonds is 5. The Bertz CT molecular complexity index is 495. The maximum absolute atomic E-state index is 12.2. The number of nitrogens with one attached hydrogen (secondary N) is 1. The van der Waals surface area contributed by atoms with Gasteiger partial charge in [0.1, 0.15) is 0 Å². The van der Waals surface area contributed by atoms with Gasteiger partial charge in [-0.25, -0.2) is 0 Å². The molecule has 0 bridgehead atoms. The summed E-state index contributed by atoms with van der Waals surface area (Å²) >= 11 is 10.2. The molecule has 2 rings (SSSR count). The van der Waals surface area contributed by atoms with Crippen LogP contribution in [0.15, 0.2) is 15.9 Å². The molecule has 1 heterocycles. The van der Waals surface area contributed by atoms with Gasteiger partial charge in [-0.3, -0.25) is 4.79 Å². The molecule has 3 N–H and O–H groups in total. The second-order valence-electron chi connectivity index (χ2n) is 5.17. The Morgan fingerprint density at radius 2 is 2.32 bits per heavy atom. The van der Waals surface area contributed by atoms with E-state index in [1.165, 1.54) is 4.88 Å². The van der Waals surface area contributed by atoms with Crippen LogP contribution in [0.3, 0.4) is 0 Å². The van der Waals surface area contributed by atoms with Crippen LogP contribution in [0.25, 0.3) is 0 Å². The Labute approximate surface area is 131 Å². The van der Waals surface area contributed by atoms with Crippen molar-refractivity contribution in [2.45, 2.75) is 26.2 Å². The summed E-state index contributed by atoms with van der Waals surface area (Å²) in [6.07, 6.45) is 2.39. The molecule has 1 saturated carbocycles. The molecule has 1 aromatic rings. The maximum atomic E-state index is 12.2. The lowest BCUT2D eigenvalue weighted by molar-refractivity contribution is -0.132. The van der Waals surface area contributed by atoms with E-state index in [2.05, 4.69) is 34.2 Å². The summed E-state index contributed by atoms with van der Waals surface area (Å²) in [6, 6.07) is 4.08. The monoisotopic (exact) mass is 360 g/mol. The second-order valence-corrected chi connectivity index (χ2v) is 8.16. The van der Waals surface area contributed by atoms with Crippen LogP contribution in [0, 0.1) is 11.3 Å².